The van der Waals surface area contributed by atoms with E-state index in [1.165, 1.54) is 76.8 Å². The van der Waals surface area contributed by atoms with Gasteiger partial charge in [-0.2, -0.15) is 0 Å². The van der Waals surface area contributed by atoms with Gasteiger partial charge in [-0.05, 0) is 64.9 Å². The van der Waals surface area contributed by atoms with Crippen molar-refractivity contribution in [2.75, 3.05) is 0 Å². The molecular formula is C37H37NO. The van der Waals surface area contributed by atoms with Crippen molar-refractivity contribution < 1.29 is 4.42 Å². The Morgan fingerprint density at radius 2 is 1.56 bits per heavy atom. The van der Waals surface area contributed by atoms with E-state index in [1.54, 1.807) is 0 Å². The number of benzene rings is 4. The van der Waals surface area contributed by atoms with Crippen LogP contribution in [0.25, 0.3) is 55.1 Å². The number of aryl methyl sites for hydroxylation is 2. The molecule has 0 bridgehead atoms. The van der Waals surface area contributed by atoms with Crippen LogP contribution in [0, 0.1) is 0 Å². The Bertz CT molecular complexity index is 1720. The molecule has 2 nitrogen and oxygen atoms in total. The number of furan rings is 1. The van der Waals surface area contributed by atoms with E-state index in [-0.39, 0.29) is 0 Å². The van der Waals surface area contributed by atoms with E-state index in [2.05, 4.69) is 92.7 Å². The fourth-order valence-corrected chi connectivity index (χ4v) is 5.96. The Balaban J connectivity index is 1.28. The molecule has 0 spiro atoms. The quantitative estimate of drug-likeness (QED) is 0.171. The molecule has 39 heavy (non-hydrogen) atoms. The second-order valence-electron chi connectivity index (χ2n) is 10.7. The predicted molar refractivity (Wildman–Crippen MR) is 166 cm³/mol. The lowest BCUT2D eigenvalue weighted by Crippen LogP contribution is -1.90. The van der Waals surface area contributed by atoms with E-state index in [9.17, 15) is 0 Å². The van der Waals surface area contributed by atoms with Crippen molar-refractivity contribution in [3.05, 3.63) is 102 Å². The van der Waals surface area contributed by atoms with Crippen LogP contribution in [0.4, 0.5) is 0 Å². The summed E-state index contributed by atoms with van der Waals surface area (Å²) in [6.45, 7) is 4.48. The summed E-state index contributed by atoms with van der Waals surface area (Å²) in [4.78, 5) is 4.94. The molecule has 0 aliphatic carbocycles. The molecule has 2 heteroatoms. The maximum Gasteiger partial charge on any atom is 0.145 e. The van der Waals surface area contributed by atoms with E-state index >= 15 is 0 Å². The standard InChI is InChI=1S/C37H37NO/c1-3-5-6-7-8-9-13-26-18-21-31-28(24-26)14-12-16-30(31)29-20-23-34(38-25-29)32-22-19-27(4-2)36-33-15-10-11-17-35(33)39-37(32)36/h10-12,14-25H,3-9,13H2,1-2H3. The van der Waals surface area contributed by atoms with E-state index in [4.69, 9.17) is 9.40 Å². The minimum absolute atomic E-state index is 0.929. The van der Waals surface area contributed by atoms with Crippen LogP contribution in [0.2, 0.25) is 0 Å². The van der Waals surface area contributed by atoms with Crippen molar-refractivity contribution in [2.24, 2.45) is 0 Å². The molecule has 0 fully saturated rings. The zero-order valence-corrected chi connectivity index (χ0v) is 23.2. The van der Waals surface area contributed by atoms with Gasteiger partial charge in [0.2, 0.25) is 0 Å². The third-order valence-corrected chi connectivity index (χ3v) is 8.11. The SMILES string of the molecule is CCCCCCCCc1ccc2c(-c3ccc(-c4ccc(CC)c5c4oc4ccccc45)nc3)cccc2c1. The van der Waals surface area contributed by atoms with E-state index in [1.807, 2.05) is 12.3 Å². The molecule has 6 rings (SSSR count). The first-order chi connectivity index (χ1) is 19.3. The number of nitrogens with zero attached hydrogens (tertiary/aromatic N) is 1. The van der Waals surface area contributed by atoms with Crippen molar-refractivity contribution in [1.82, 2.24) is 4.98 Å². The molecule has 0 saturated carbocycles. The van der Waals surface area contributed by atoms with Crippen LogP contribution in [0.1, 0.15) is 63.5 Å². The molecule has 0 radical (unpaired) electrons. The highest BCUT2D eigenvalue weighted by molar-refractivity contribution is 6.11. The van der Waals surface area contributed by atoms with Crippen molar-refractivity contribution in [3.63, 3.8) is 0 Å². The monoisotopic (exact) mass is 511 g/mol. The number of unbranched alkanes of at least 4 members (excludes halogenated alkanes) is 5. The zero-order valence-electron chi connectivity index (χ0n) is 23.2. The van der Waals surface area contributed by atoms with Gasteiger partial charge >= 0.3 is 0 Å². The van der Waals surface area contributed by atoms with E-state index in [0.717, 1.165) is 40.8 Å². The van der Waals surface area contributed by atoms with Crippen LogP contribution >= 0.6 is 0 Å². The van der Waals surface area contributed by atoms with E-state index in [0.29, 0.717) is 0 Å². The van der Waals surface area contributed by atoms with Gasteiger partial charge in [0.25, 0.3) is 0 Å². The van der Waals surface area contributed by atoms with Gasteiger partial charge in [0.1, 0.15) is 11.2 Å². The van der Waals surface area contributed by atoms with Gasteiger partial charge in [-0.3, -0.25) is 4.98 Å². The van der Waals surface area contributed by atoms with Gasteiger partial charge in [0, 0.05) is 28.1 Å². The van der Waals surface area contributed by atoms with Crippen LogP contribution < -0.4 is 0 Å². The van der Waals surface area contributed by atoms with Gasteiger partial charge < -0.3 is 4.42 Å². The van der Waals surface area contributed by atoms with E-state index < -0.39 is 0 Å². The van der Waals surface area contributed by atoms with Crippen molar-refractivity contribution in [3.8, 4) is 22.4 Å². The summed E-state index contributed by atoms with van der Waals surface area (Å²) in [6, 6.07) is 30.6. The molecule has 2 aromatic heterocycles. The Morgan fingerprint density at radius 1 is 0.692 bits per heavy atom. The van der Waals surface area contributed by atoms with Gasteiger partial charge in [0.05, 0.1) is 5.69 Å². The highest BCUT2D eigenvalue weighted by atomic mass is 16.3. The number of hydrogen-bond donors (Lipinski definition) is 0. The highest BCUT2D eigenvalue weighted by Crippen LogP contribution is 2.38. The van der Waals surface area contributed by atoms with Crippen LogP contribution in [0.3, 0.4) is 0 Å². The molecule has 0 amide bonds. The van der Waals surface area contributed by atoms with Crippen LogP contribution in [0.5, 0.6) is 0 Å². The molecule has 0 saturated heterocycles. The van der Waals surface area contributed by atoms with Crippen LogP contribution in [-0.4, -0.2) is 4.98 Å². The first-order valence-electron chi connectivity index (χ1n) is 14.7. The maximum atomic E-state index is 6.38. The Labute approximate surface area is 231 Å². The smallest absolute Gasteiger partial charge is 0.145 e. The highest BCUT2D eigenvalue weighted by Gasteiger charge is 2.16. The fraction of sp³-hybridized carbons (Fsp3) is 0.270. The lowest BCUT2D eigenvalue weighted by Gasteiger charge is -2.10. The van der Waals surface area contributed by atoms with Crippen molar-refractivity contribution >= 4 is 32.7 Å². The first kappa shape index (κ1) is 25.4. The van der Waals surface area contributed by atoms with Crippen molar-refractivity contribution in [1.29, 1.82) is 0 Å². The number of para-hydroxylation sites is 1. The number of aromatic nitrogens is 1. The number of rotatable bonds is 10. The molecular weight excluding hydrogens is 474 g/mol. The summed E-state index contributed by atoms with van der Waals surface area (Å²) in [5, 5.41) is 4.97. The summed E-state index contributed by atoms with van der Waals surface area (Å²) in [5.74, 6) is 0. The zero-order chi connectivity index (χ0) is 26.6. The van der Waals surface area contributed by atoms with Crippen molar-refractivity contribution in [2.45, 2.75) is 65.2 Å². The lowest BCUT2D eigenvalue weighted by molar-refractivity contribution is 0.607. The third kappa shape index (κ3) is 5.08. The summed E-state index contributed by atoms with van der Waals surface area (Å²) < 4.78 is 6.38. The van der Waals surface area contributed by atoms with Gasteiger partial charge in [-0.25, -0.2) is 0 Å². The van der Waals surface area contributed by atoms with Gasteiger partial charge in [0.15, 0.2) is 0 Å². The van der Waals surface area contributed by atoms with Crippen LogP contribution in [0.15, 0.2) is 95.5 Å². The first-order valence-corrected chi connectivity index (χ1v) is 14.7. The average Bonchev–Trinajstić information content (AvgIpc) is 3.38. The summed E-state index contributed by atoms with van der Waals surface area (Å²) in [6.07, 6.45) is 12.2. The second-order valence-corrected chi connectivity index (χ2v) is 10.7. The summed E-state index contributed by atoms with van der Waals surface area (Å²) in [7, 11) is 0. The molecule has 0 atom stereocenters. The number of pyridine rings is 1. The Kier molecular flexibility index (Phi) is 7.45. The largest absolute Gasteiger partial charge is 0.455 e. The number of hydrogen-bond acceptors (Lipinski definition) is 2. The number of fused-ring (bicyclic) bond motifs is 4. The topological polar surface area (TPSA) is 26.0 Å². The van der Waals surface area contributed by atoms with Gasteiger partial charge in [-0.1, -0.05) is 113 Å². The van der Waals surface area contributed by atoms with Crippen LogP contribution in [-0.2, 0) is 12.8 Å². The minimum atomic E-state index is 0.929. The molecule has 0 N–H and O–H groups in total. The molecule has 6 aromatic rings. The third-order valence-electron chi connectivity index (χ3n) is 8.11. The lowest BCUT2D eigenvalue weighted by atomic mass is 9.95. The summed E-state index contributed by atoms with van der Waals surface area (Å²) >= 11 is 0. The molecule has 0 aliphatic heterocycles. The molecule has 196 valence electrons. The second kappa shape index (κ2) is 11.5. The summed E-state index contributed by atoms with van der Waals surface area (Å²) in [5.41, 5.74) is 8.95. The Hall–Kier alpha value is -3.91. The fourth-order valence-electron chi connectivity index (χ4n) is 5.96. The molecule has 4 aromatic carbocycles. The molecule has 2 heterocycles. The normalized spacial score (nSPS) is 11.6. The predicted octanol–water partition coefficient (Wildman–Crippen LogP) is 10.9. The molecule has 0 unspecified atom stereocenters. The van der Waals surface area contributed by atoms with Gasteiger partial charge in [-0.15, -0.1) is 0 Å². The minimum Gasteiger partial charge on any atom is -0.455 e. The molecule has 0 aliphatic rings. The Morgan fingerprint density at radius 3 is 2.41 bits per heavy atom. The average molecular weight is 512 g/mol. The maximum absolute atomic E-state index is 6.38.